The predicted molar refractivity (Wildman–Crippen MR) is 262 cm³/mol. The summed E-state index contributed by atoms with van der Waals surface area (Å²) >= 11 is 0. The largest absolute Gasteiger partial charge is 0.394 e. The van der Waals surface area contributed by atoms with Crippen molar-refractivity contribution in [3.05, 3.63) is 24.3 Å². The van der Waals surface area contributed by atoms with Crippen LogP contribution in [0.2, 0.25) is 0 Å². The zero-order valence-corrected chi connectivity index (χ0v) is 40.3. The van der Waals surface area contributed by atoms with Crippen molar-refractivity contribution < 1.29 is 15.0 Å². The number of aliphatic hydroxyl groups is 2. The van der Waals surface area contributed by atoms with E-state index in [2.05, 4.69) is 31.3 Å². The third-order valence-corrected chi connectivity index (χ3v) is 12.7. The van der Waals surface area contributed by atoms with Gasteiger partial charge in [-0.1, -0.05) is 289 Å². The topological polar surface area (TPSA) is 69.6 Å². The average molecular weight is 830 g/mol. The van der Waals surface area contributed by atoms with Crippen LogP contribution in [-0.4, -0.2) is 34.9 Å². The molecule has 2 atom stereocenters. The highest BCUT2D eigenvalue weighted by molar-refractivity contribution is 5.76. The van der Waals surface area contributed by atoms with Crippen LogP contribution in [0.5, 0.6) is 0 Å². The zero-order valence-electron chi connectivity index (χ0n) is 40.3. The Bertz CT molecular complexity index is 855. The van der Waals surface area contributed by atoms with Crippen molar-refractivity contribution in [3.63, 3.8) is 0 Å². The van der Waals surface area contributed by atoms with Gasteiger partial charge in [-0.15, -0.1) is 0 Å². The normalized spacial score (nSPS) is 12.9. The molecular weight excluding hydrogens is 723 g/mol. The summed E-state index contributed by atoms with van der Waals surface area (Å²) in [5, 5.41) is 23.0. The molecule has 0 heterocycles. The first kappa shape index (κ1) is 57.9. The van der Waals surface area contributed by atoms with Crippen LogP contribution in [0, 0.1) is 0 Å². The fourth-order valence-corrected chi connectivity index (χ4v) is 8.55. The molecule has 0 spiro atoms. The Kier molecular flexibility index (Phi) is 50.2. The smallest absolute Gasteiger partial charge is 0.220 e. The minimum atomic E-state index is -0.858. The molecule has 1 amide bonds. The van der Waals surface area contributed by atoms with Crippen LogP contribution in [0.1, 0.15) is 303 Å². The maximum Gasteiger partial charge on any atom is 0.220 e. The summed E-state index contributed by atoms with van der Waals surface area (Å²) in [6.45, 7) is 4.32. The minimum absolute atomic E-state index is 0.0684. The third kappa shape index (κ3) is 47.8. The number of unbranched alkanes of at least 4 members (excludes halogenated alkanes) is 41. The Morgan fingerprint density at radius 2 is 0.661 bits per heavy atom. The van der Waals surface area contributed by atoms with Crippen LogP contribution in [0.4, 0.5) is 0 Å². The Hall–Kier alpha value is -1.13. The molecule has 0 saturated heterocycles. The number of hydrogen-bond donors (Lipinski definition) is 3. The minimum Gasteiger partial charge on any atom is -0.394 e. The molecule has 350 valence electrons. The van der Waals surface area contributed by atoms with Gasteiger partial charge in [0, 0.05) is 6.42 Å². The second-order valence-corrected chi connectivity index (χ2v) is 18.7. The molecule has 3 N–H and O–H groups in total. The van der Waals surface area contributed by atoms with Crippen LogP contribution >= 0.6 is 0 Å². The Morgan fingerprint density at radius 1 is 0.390 bits per heavy atom. The first-order chi connectivity index (χ1) is 29.2. The summed E-state index contributed by atoms with van der Waals surface area (Å²) in [5.41, 5.74) is 0. The lowest BCUT2D eigenvalue weighted by Gasteiger charge is -2.19. The van der Waals surface area contributed by atoms with E-state index in [-0.39, 0.29) is 12.5 Å². The molecular formula is C55H107NO3. The van der Waals surface area contributed by atoms with Crippen molar-refractivity contribution >= 4 is 5.91 Å². The van der Waals surface area contributed by atoms with Gasteiger partial charge in [0.25, 0.3) is 0 Å². The standard InChI is InChI=1S/C55H107NO3/c1-3-5-7-9-11-13-15-17-19-20-21-22-23-24-25-26-27-28-29-30-31-32-33-34-35-36-37-39-41-43-45-47-49-51-55(59)56-53(52-57)54(58)50-48-46-44-42-40-38-18-16-14-12-10-8-6-4-2/h40,42,48,50,53-54,57-58H,3-39,41,43-47,49,51-52H2,1-2H3,(H,56,59)/b42-40+,50-48+. The van der Waals surface area contributed by atoms with Gasteiger partial charge in [0.05, 0.1) is 18.8 Å². The molecule has 59 heavy (non-hydrogen) atoms. The molecule has 0 rings (SSSR count). The van der Waals surface area contributed by atoms with Gasteiger partial charge in [0.15, 0.2) is 0 Å². The number of aliphatic hydroxyl groups excluding tert-OH is 2. The molecule has 0 aromatic heterocycles. The van der Waals surface area contributed by atoms with E-state index < -0.39 is 12.1 Å². The lowest BCUT2D eigenvalue weighted by Crippen LogP contribution is -2.45. The van der Waals surface area contributed by atoms with Crippen LogP contribution in [-0.2, 0) is 4.79 Å². The number of amides is 1. The van der Waals surface area contributed by atoms with Crippen LogP contribution in [0.3, 0.4) is 0 Å². The maximum absolute atomic E-state index is 12.4. The van der Waals surface area contributed by atoms with Crippen LogP contribution in [0.25, 0.3) is 0 Å². The van der Waals surface area contributed by atoms with Gasteiger partial charge in [0.2, 0.25) is 5.91 Å². The third-order valence-electron chi connectivity index (χ3n) is 12.7. The Labute approximate surface area is 370 Å². The molecule has 4 heteroatoms. The maximum atomic E-state index is 12.4. The van der Waals surface area contributed by atoms with Crippen LogP contribution < -0.4 is 5.32 Å². The van der Waals surface area contributed by atoms with Crippen molar-refractivity contribution in [2.45, 2.75) is 315 Å². The molecule has 0 fully saturated rings. The van der Waals surface area contributed by atoms with E-state index in [0.29, 0.717) is 6.42 Å². The summed E-state index contributed by atoms with van der Waals surface area (Å²) < 4.78 is 0. The van der Waals surface area contributed by atoms with Crippen molar-refractivity contribution in [1.29, 1.82) is 0 Å². The SMILES string of the molecule is CCCCCCCCCC/C=C/CC/C=C/C(O)C(CO)NC(=O)CCCCCCCCCCCCCCCCCCCCCCCCCCCCCCCCCCC. The van der Waals surface area contributed by atoms with Crippen molar-refractivity contribution in [3.8, 4) is 0 Å². The fourth-order valence-electron chi connectivity index (χ4n) is 8.55. The van der Waals surface area contributed by atoms with E-state index in [4.69, 9.17) is 0 Å². The van der Waals surface area contributed by atoms with E-state index in [1.165, 1.54) is 250 Å². The molecule has 0 aromatic rings. The van der Waals surface area contributed by atoms with Gasteiger partial charge >= 0.3 is 0 Å². The van der Waals surface area contributed by atoms with Gasteiger partial charge < -0.3 is 15.5 Å². The first-order valence-corrected chi connectivity index (χ1v) is 27.1. The predicted octanol–water partition coefficient (Wildman–Crippen LogP) is 17.5. The highest BCUT2D eigenvalue weighted by Crippen LogP contribution is 2.17. The van der Waals surface area contributed by atoms with Crippen LogP contribution in [0.15, 0.2) is 24.3 Å². The van der Waals surface area contributed by atoms with E-state index in [1.807, 2.05) is 6.08 Å². The van der Waals surface area contributed by atoms with E-state index in [0.717, 1.165) is 32.1 Å². The van der Waals surface area contributed by atoms with Gasteiger partial charge in [-0.3, -0.25) is 4.79 Å². The van der Waals surface area contributed by atoms with Gasteiger partial charge in [-0.05, 0) is 32.1 Å². The molecule has 0 aromatic carbocycles. The van der Waals surface area contributed by atoms with Gasteiger partial charge in [-0.2, -0.15) is 0 Å². The van der Waals surface area contributed by atoms with Crippen molar-refractivity contribution in [1.82, 2.24) is 5.32 Å². The molecule has 0 aliphatic rings. The molecule has 0 saturated carbocycles. The van der Waals surface area contributed by atoms with E-state index in [9.17, 15) is 15.0 Å². The quantitative estimate of drug-likeness (QED) is 0.0422. The molecule has 0 bridgehead atoms. The molecule has 0 aliphatic carbocycles. The fraction of sp³-hybridized carbons (Fsp3) is 0.909. The molecule has 4 nitrogen and oxygen atoms in total. The molecule has 0 aliphatic heterocycles. The summed E-state index contributed by atoms with van der Waals surface area (Å²) in [7, 11) is 0. The van der Waals surface area contributed by atoms with Gasteiger partial charge in [0.1, 0.15) is 0 Å². The number of carbonyl (C=O) groups is 1. The number of carbonyl (C=O) groups excluding carboxylic acids is 1. The number of hydrogen-bond acceptors (Lipinski definition) is 3. The second-order valence-electron chi connectivity index (χ2n) is 18.7. The molecule has 2 unspecified atom stereocenters. The summed E-state index contributed by atoms with van der Waals surface area (Å²) in [6, 6.07) is -0.635. The lowest BCUT2D eigenvalue weighted by molar-refractivity contribution is -0.123. The summed E-state index contributed by atoms with van der Waals surface area (Å²) in [6.07, 6.45) is 67.8. The number of allylic oxidation sites excluding steroid dienone is 3. The summed E-state index contributed by atoms with van der Waals surface area (Å²) in [5.74, 6) is -0.0684. The van der Waals surface area contributed by atoms with E-state index in [1.54, 1.807) is 6.08 Å². The highest BCUT2D eigenvalue weighted by Gasteiger charge is 2.18. The van der Waals surface area contributed by atoms with Crippen molar-refractivity contribution in [2.24, 2.45) is 0 Å². The number of nitrogens with one attached hydrogen (secondary N) is 1. The van der Waals surface area contributed by atoms with Crippen molar-refractivity contribution in [2.75, 3.05) is 6.61 Å². The Morgan fingerprint density at radius 3 is 0.983 bits per heavy atom. The van der Waals surface area contributed by atoms with Gasteiger partial charge in [-0.25, -0.2) is 0 Å². The number of rotatable bonds is 50. The Balaban J connectivity index is 3.41. The monoisotopic (exact) mass is 830 g/mol. The molecule has 0 radical (unpaired) electrons. The first-order valence-electron chi connectivity index (χ1n) is 27.1. The second kappa shape index (κ2) is 51.2. The van der Waals surface area contributed by atoms with E-state index >= 15 is 0 Å². The highest BCUT2D eigenvalue weighted by atomic mass is 16.3. The zero-order chi connectivity index (χ0) is 42.8. The lowest BCUT2D eigenvalue weighted by atomic mass is 10.0. The summed E-state index contributed by atoms with van der Waals surface area (Å²) in [4.78, 5) is 12.4. The average Bonchev–Trinajstić information content (AvgIpc) is 3.24.